The molecule has 3 rings (SSSR count). The highest BCUT2D eigenvalue weighted by molar-refractivity contribution is 5.68. The molecule has 1 aromatic heterocycles. The maximum absolute atomic E-state index is 12.3. The van der Waals surface area contributed by atoms with Crippen LogP contribution in [0.5, 0.6) is 5.88 Å². The van der Waals surface area contributed by atoms with Gasteiger partial charge in [-0.05, 0) is 46.7 Å². The van der Waals surface area contributed by atoms with Crippen LogP contribution in [0.2, 0.25) is 0 Å². The number of amides is 1. The van der Waals surface area contributed by atoms with Gasteiger partial charge in [0.1, 0.15) is 23.5 Å². The SMILES string of the molecule is CN1CCC(Oc2cc(N3CCN(C(=O)OC(C)(C)C)CC3)cc(C#N)n2)CC1. The fourth-order valence-corrected chi connectivity index (χ4v) is 3.54. The highest BCUT2D eigenvalue weighted by atomic mass is 16.6. The number of anilines is 1. The Hall–Kier alpha value is -2.53. The van der Waals surface area contributed by atoms with E-state index in [0.29, 0.717) is 37.8 Å². The number of pyridine rings is 1. The van der Waals surface area contributed by atoms with E-state index in [9.17, 15) is 10.1 Å². The van der Waals surface area contributed by atoms with Gasteiger partial charge in [0.05, 0.1) is 0 Å². The van der Waals surface area contributed by atoms with Crippen molar-refractivity contribution in [2.45, 2.75) is 45.3 Å². The Kier molecular flexibility index (Phi) is 6.48. The summed E-state index contributed by atoms with van der Waals surface area (Å²) in [7, 11) is 2.11. The summed E-state index contributed by atoms with van der Waals surface area (Å²) in [6.07, 6.45) is 1.76. The quantitative estimate of drug-likeness (QED) is 0.769. The van der Waals surface area contributed by atoms with Gasteiger partial charge in [0.25, 0.3) is 0 Å². The molecule has 0 saturated carbocycles. The molecule has 2 aliphatic heterocycles. The first-order valence-electron chi connectivity index (χ1n) is 10.2. The summed E-state index contributed by atoms with van der Waals surface area (Å²) in [4.78, 5) is 22.8. The lowest BCUT2D eigenvalue weighted by molar-refractivity contribution is 0.0240. The van der Waals surface area contributed by atoms with Crippen LogP contribution in [0.25, 0.3) is 0 Å². The number of nitrogens with zero attached hydrogens (tertiary/aromatic N) is 5. The molecule has 1 amide bonds. The Morgan fingerprint density at radius 2 is 1.79 bits per heavy atom. The lowest BCUT2D eigenvalue weighted by Gasteiger charge is -2.37. The van der Waals surface area contributed by atoms with E-state index < -0.39 is 5.60 Å². The van der Waals surface area contributed by atoms with Crippen molar-refractivity contribution in [3.05, 3.63) is 17.8 Å². The molecule has 3 heterocycles. The second-order valence-electron chi connectivity index (χ2n) is 8.74. The molecule has 158 valence electrons. The second-order valence-corrected chi connectivity index (χ2v) is 8.74. The van der Waals surface area contributed by atoms with Gasteiger partial charge in [-0.3, -0.25) is 0 Å². The van der Waals surface area contributed by atoms with E-state index >= 15 is 0 Å². The van der Waals surface area contributed by atoms with Gasteiger partial charge in [-0.1, -0.05) is 0 Å². The van der Waals surface area contributed by atoms with Crippen LogP contribution in [0.1, 0.15) is 39.3 Å². The van der Waals surface area contributed by atoms with E-state index in [2.05, 4.69) is 27.9 Å². The third-order valence-corrected chi connectivity index (χ3v) is 5.15. The predicted octanol–water partition coefficient (Wildman–Crippen LogP) is 2.48. The molecule has 29 heavy (non-hydrogen) atoms. The summed E-state index contributed by atoms with van der Waals surface area (Å²) in [6.45, 7) is 10.1. The Morgan fingerprint density at radius 3 is 2.38 bits per heavy atom. The molecule has 0 aliphatic carbocycles. The van der Waals surface area contributed by atoms with Crippen molar-refractivity contribution in [1.29, 1.82) is 5.26 Å². The molecule has 8 heteroatoms. The minimum atomic E-state index is -0.499. The Labute approximate surface area is 173 Å². The van der Waals surface area contributed by atoms with E-state index in [0.717, 1.165) is 31.6 Å². The lowest BCUT2D eigenvalue weighted by Crippen LogP contribution is -2.50. The van der Waals surface area contributed by atoms with Crippen LogP contribution in [0.4, 0.5) is 10.5 Å². The first-order valence-corrected chi connectivity index (χ1v) is 10.2. The van der Waals surface area contributed by atoms with Crippen LogP contribution in [0, 0.1) is 11.3 Å². The number of piperazine rings is 1. The molecule has 1 aromatic rings. The van der Waals surface area contributed by atoms with Gasteiger partial charge >= 0.3 is 6.09 Å². The minimum absolute atomic E-state index is 0.129. The van der Waals surface area contributed by atoms with Gasteiger partial charge in [-0.25, -0.2) is 9.78 Å². The maximum atomic E-state index is 12.3. The highest BCUT2D eigenvalue weighted by Crippen LogP contribution is 2.25. The fraction of sp³-hybridized carbons (Fsp3) is 0.667. The number of hydrogen-bond acceptors (Lipinski definition) is 7. The molecule has 0 spiro atoms. The van der Waals surface area contributed by atoms with Gasteiger partial charge in [0.15, 0.2) is 0 Å². The van der Waals surface area contributed by atoms with Crippen molar-refractivity contribution >= 4 is 11.8 Å². The van der Waals surface area contributed by atoms with Crippen LogP contribution in [0.15, 0.2) is 12.1 Å². The summed E-state index contributed by atoms with van der Waals surface area (Å²) < 4.78 is 11.5. The van der Waals surface area contributed by atoms with Gasteiger partial charge in [-0.2, -0.15) is 5.26 Å². The Morgan fingerprint density at radius 1 is 1.14 bits per heavy atom. The standard InChI is InChI=1S/C21H31N5O3/c1-21(2,3)29-20(27)26-11-9-25(10-12-26)17-13-16(15-22)23-19(14-17)28-18-5-7-24(4)8-6-18/h13-14,18H,5-12H2,1-4H3. The van der Waals surface area contributed by atoms with Gasteiger partial charge < -0.3 is 24.2 Å². The van der Waals surface area contributed by atoms with E-state index in [1.165, 1.54) is 0 Å². The molecule has 0 bridgehead atoms. The number of aromatic nitrogens is 1. The molecular formula is C21H31N5O3. The molecule has 0 aromatic carbocycles. The number of nitriles is 1. The number of rotatable bonds is 3. The zero-order valence-corrected chi connectivity index (χ0v) is 17.8. The smallest absolute Gasteiger partial charge is 0.410 e. The molecule has 2 fully saturated rings. The zero-order valence-electron chi connectivity index (χ0n) is 17.8. The average Bonchev–Trinajstić information content (AvgIpc) is 2.68. The van der Waals surface area contributed by atoms with Crippen LogP contribution >= 0.6 is 0 Å². The summed E-state index contributed by atoms with van der Waals surface area (Å²) in [5.74, 6) is 0.503. The van der Waals surface area contributed by atoms with E-state index in [-0.39, 0.29) is 12.2 Å². The number of carbonyl (C=O) groups excluding carboxylic acids is 1. The number of piperidine rings is 1. The predicted molar refractivity (Wildman–Crippen MR) is 110 cm³/mol. The minimum Gasteiger partial charge on any atom is -0.474 e. The third-order valence-electron chi connectivity index (χ3n) is 5.15. The van der Waals surface area contributed by atoms with Crippen molar-refractivity contribution in [3.63, 3.8) is 0 Å². The monoisotopic (exact) mass is 401 g/mol. The maximum Gasteiger partial charge on any atom is 0.410 e. The summed E-state index contributed by atoms with van der Waals surface area (Å²) in [5, 5.41) is 9.39. The number of hydrogen-bond donors (Lipinski definition) is 0. The molecule has 0 radical (unpaired) electrons. The molecule has 0 N–H and O–H groups in total. The molecule has 8 nitrogen and oxygen atoms in total. The van der Waals surface area contributed by atoms with E-state index in [4.69, 9.17) is 9.47 Å². The molecular weight excluding hydrogens is 370 g/mol. The van der Waals surface area contributed by atoms with E-state index in [1.807, 2.05) is 26.8 Å². The number of ether oxygens (including phenoxy) is 2. The largest absolute Gasteiger partial charge is 0.474 e. The van der Waals surface area contributed by atoms with Gasteiger partial charge in [0.2, 0.25) is 5.88 Å². The average molecular weight is 402 g/mol. The first-order chi connectivity index (χ1) is 13.7. The van der Waals surface area contributed by atoms with Crippen molar-refractivity contribution in [3.8, 4) is 11.9 Å². The molecule has 2 aliphatic rings. The van der Waals surface area contributed by atoms with Crippen molar-refractivity contribution < 1.29 is 14.3 Å². The third kappa shape index (κ3) is 5.97. The molecule has 2 saturated heterocycles. The van der Waals surface area contributed by atoms with Crippen molar-refractivity contribution in [1.82, 2.24) is 14.8 Å². The highest BCUT2D eigenvalue weighted by Gasteiger charge is 2.27. The fourth-order valence-electron chi connectivity index (χ4n) is 3.54. The number of likely N-dealkylation sites (tertiary alicyclic amines) is 1. The van der Waals surface area contributed by atoms with E-state index in [1.54, 1.807) is 11.0 Å². The number of carbonyl (C=O) groups is 1. The zero-order chi connectivity index (χ0) is 21.0. The lowest BCUT2D eigenvalue weighted by atomic mass is 10.1. The van der Waals surface area contributed by atoms with Crippen molar-refractivity contribution in [2.75, 3.05) is 51.2 Å². The second kappa shape index (κ2) is 8.87. The normalized spacial score (nSPS) is 19.0. The summed E-state index contributed by atoms with van der Waals surface area (Å²) in [5.41, 5.74) is 0.754. The summed E-state index contributed by atoms with van der Waals surface area (Å²) in [6, 6.07) is 5.82. The van der Waals surface area contributed by atoms with Gasteiger partial charge in [-0.15, -0.1) is 0 Å². The molecule has 0 unspecified atom stereocenters. The Bertz CT molecular complexity index is 755. The summed E-state index contributed by atoms with van der Waals surface area (Å²) >= 11 is 0. The van der Waals surface area contributed by atoms with Crippen LogP contribution in [0.3, 0.4) is 0 Å². The van der Waals surface area contributed by atoms with Gasteiger partial charge in [0, 0.05) is 51.0 Å². The van der Waals surface area contributed by atoms with Crippen molar-refractivity contribution in [2.24, 2.45) is 0 Å². The topological polar surface area (TPSA) is 81.9 Å². The molecule has 0 atom stereocenters. The Balaban J connectivity index is 1.63. The van der Waals surface area contributed by atoms with Crippen LogP contribution in [-0.2, 0) is 4.74 Å². The van der Waals surface area contributed by atoms with Crippen LogP contribution < -0.4 is 9.64 Å². The van der Waals surface area contributed by atoms with Crippen LogP contribution in [-0.4, -0.2) is 78.9 Å². The first kappa shape index (κ1) is 21.2.